The highest BCUT2D eigenvalue weighted by Gasteiger charge is 2.25. The van der Waals surface area contributed by atoms with E-state index in [9.17, 15) is 18.8 Å². The lowest BCUT2D eigenvalue weighted by molar-refractivity contribution is -0.133. The molecule has 2 aromatic carbocycles. The molecule has 0 atom stereocenters. The van der Waals surface area contributed by atoms with Crippen LogP contribution >= 0.6 is 11.6 Å². The third-order valence-corrected chi connectivity index (χ3v) is 5.57. The number of amides is 3. The van der Waals surface area contributed by atoms with Gasteiger partial charge in [-0.3, -0.25) is 14.4 Å². The predicted molar refractivity (Wildman–Crippen MR) is 127 cm³/mol. The lowest BCUT2D eigenvalue weighted by atomic mass is 10.1. The highest BCUT2D eigenvalue weighted by molar-refractivity contribution is 6.43. The van der Waals surface area contributed by atoms with Gasteiger partial charge in [-0.2, -0.15) is 5.10 Å². The average molecular weight is 489 g/mol. The maximum atomic E-state index is 13.1. The second-order valence-electron chi connectivity index (χ2n) is 7.58. The van der Waals surface area contributed by atoms with Gasteiger partial charge in [0.15, 0.2) is 6.61 Å². The number of ether oxygens (including phenoxy) is 1. The third kappa shape index (κ3) is 6.54. The zero-order valence-electron chi connectivity index (χ0n) is 19.0. The van der Waals surface area contributed by atoms with Crippen molar-refractivity contribution in [3.63, 3.8) is 0 Å². The minimum absolute atomic E-state index is 0.137. The van der Waals surface area contributed by atoms with Gasteiger partial charge in [-0.25, -0.2) is 9.40 Å². The molecule has 8 nitrogen and oxygen atoms in total. The molecule has 0 radical (unpaired) electrons. The number of rotatable bonds is 9. The van der Waals surface area contributed by atoms with Crippen LogP contribution in [0.2, 0.25) is 5.02 Å². The van der Waals surface area contributed by atoms with Crippen LogP contribution in [0.5, 0.6) is 5.75 Å². The Labute approximate surface area is 202 Å². The molecule has 0 aromatic heterocycles. The summed E-state index contributed by atoms with van der Waals surface area (Å²) in [6, 6.07) is 10.4. The first-order valence-electron chi connectivity index (χ1n) is 10.9. The van der Waals surface area contributed by atoms with Gasteiger partial charge in [0.25, 0.3) is 11.8 Å². The minimum atomic E-state index is -0.460. The summed E-state index contributed by atoms with van der Waals surface area (Å²) in [5, 5.41) is 8.36. The van der Waals surface area contributed by atoms with E-state index in [2.05, 4.69) is 10.4 Å². The Morgan fingerprint density at radius 1 is 1.15 bits per heavy atom. The lowest BCUT2D eigenvalue weighted by Gasteiger charge is -2.23. The number of anilines is 1. The number of carbonyl (C=O) groups is 3. The van der Waals surface area contributed by atoms with Crippen LogP contribution in [0.3, 0.4) is 0 Å². The van der Waals surface area contributed by atoms with E-state index in [0.717, 1.165) is 0 Å². The molecule has 10 heteroatoms. The molecule has 0 aliphatic carbocycles. The molecule has 0 saturated heterocycles. The van der Waals surface area contributed by atoms with Crippen LogP contribution in [-0.4, -0.2) is 53.0 Å². The summed E-state index contributed by atoms with van der Waals surface area (Å²) in [5.41, 5.74) is 1.31. The van der Waals surface area contributed by atoms with E-state index in [0.29, 0.717) is 30.1 Å². The fourth-order valence-corrected chi connectivity index (χ4v) is 3.59. The zero-order valence-corrected chi connectivity index (χ0v) is 19.8. The van der Waals surface area contributed by atoms with Gasteiger partial charge in [0.2, 0.25) is 5.91 Å². The largest absolute Gasteiger partial charge is 0.482 e. The standard InChI is InChI=1S/C24H26ClFN4O4/c1-3-29(4-2)23(32)15-34-21-11-9-18(13-19(21)25)27-24(33)20-10-12-22(31)30(28-20)14-16-5-7-17(26)8-6-16/h5-9,11,13H,3-4,10,12,14-15H2,1-2H3,(H,27,33). The maximum absolute atomic E-state index is 13.1. The Kier molecular flexibility index (Phi) is 8.59. The van der Waals surface area contributed by atoms with Crippen molar-refractivity contribution in [2.75, 3.05) is 25.0 Å². The van der Waals surface area contributed by atoms with E-state index in [1.54, 1.807) is 29.2 Å². The van der Waals surface area contributed by atoms with Crippen LogP contribution in [0.15, 0.2) is 47.6 Å². The molecule has 1 N–H and O–H groups in total. The van der Waals surface area contributed by atoms with Gasteiger partial charge in [-0.15, -0.1) is 0 Å². The zero-order chi connectivity index (χ0) is 24.7. The van der Waals surface area contributed by atoms with Crippen LogP contribution in [0.1, 0.15) is 32.3 Å². The Balaban J connectivity index is 1.62. The number of halogens is 2. The molecule has 2 aromatic rings. The van der Waals surface area contributed by atoms with Crippen molar-refractivity contribution in [2.24, 2.45) is 5.10 Å². The Morgan fingerprint density at radius 2 is 1.85 bits per heavy atom. The average Bonchev–Trinajstić information content (AvgIpc) is 2.82. The number of hydrogen-bond donors (Lipinski definition) is 1. The monoisotopic (exact) mass is 488 g/mol. The summed E-state index contributed by atoms with van der Waals surface area (Å²) >= 11 is 6.26. The number of hydrogen-bond acceptors (Lipinski definition) is 5. The van der Waals surface area contributed by atoms with Crippen molar-refractivity contribution < 1.29 is 23.5 Å². The van der Waals surface area contributed by atoms with E-state index in [1.807, 2.05) is 13.8 Å². The molecule has 0 bridgehead atoms. The van der Waals surface area contributed by atoms with Gasteiger partial charge in [-0.1, -0.05) is 23.7 Å². The predicted octanol–water partition coefficient (Wildman–Crippen LogP) is 3.84. The fraction of sp³-hybridized carbons (Fsp3) is 0.333. The molecule has 3 amide bonds. The van der Waals surface area contributed by atoms with Crippen molar-refractivity contribution in [1.82, 2.24) is 9.91 Å². The van der Waals surface area contributed by atoms with Crippen molar-refractivity contribution in [3.05, 3.63) is 58.9 Å². The molecule has 1 aliphatic rings. The molecule has 180 valence electrons. The second-order valence-corrected chi connectivity index (χ2v) is 7.99. The fourth-order valence-electron chi connectivity index (χ4n) is 3.36. The molecule has 34 heavy (non-hydrogen) atoms. The molecule has 0 fully saturated rings. The summed E-state index contributed by atoms with van der Waals surface area (Å²) in [5.74, 6) is -0.870. The van der Waals surface area contributed by atoms with Crippen LogP contribution in [0.25, 0.3) is 0 Å². The smallest absolute Gasteiger partial charge is 0.271 e. The van der Waals surface area contributed by atoms with Crippen molar-refractivity contribution in [1.29, 1.82) is 0 Å². The van der Waals surface area contributed by atoms with E-state index < -0.39 is 5.91 Å². The molecule has 0 saturated carbocycles. The maximum Gasteiger partial charge on any atom is 0.271 e. The normalized spacial score (nSPS) is 13.4. The Morgan fingerprint density at radius 3 is 2.50 bits per heavy atom. The SMILES string of the molecule is CCN(CC)C(=O)COc1ccc(NC(=O)C2=NN(Cc3ccc(F)cc3)C(=O)CC2)cc1Cl. The first-order valence-corrected chi connectivity index (χ1v) is 11.3. The highest BCUT2D eigenvalue weighted by Crippen LogP contribution is 2.28. The number of likely N-dealkylation sites (N-methyl/N-ethyl adjacent to an activating group) is 1. The van der Waals surface area contributed by atoms with Gasteiger partial charge in [0.1, 0.15) is 17.3 Å². The van der Waals surface area contributed by atoms with Gasteiger partial charge in [-0.05, 0) is 49.7 Å². The first-order chi connectivity index (χ1) is 16.3. The summed E-state index contributed by atoms with van der Waals surface area (Å²) < 4.78 is 18.6. The molecule has 0 unspecified atom stereocenters. The summed E-state index contributed by atoms with van der Waals surface area (Å²) in [4.78, 5) is 38.7. The van der Waals surface area contributed by atoms with Gasteiger partial charge >= 0.3 is 0 Å². The van der Waals surface area contributed by atoms with Crippen LogP contribution in [0.4, 0.5) is 10.1 Å². The van der Waals surface area contributed by atoms with E-state index >= 15 is 0 Å². The summed E-state index contributed by atoms with van der Waals surface area (Å²) in [6.07, 6.45) is 0.342. The van der Waals surface area contributed by atoms with Crippen molar-refractivity contribution in [2.45, 2.75) is 33.2 Å². The van der Waals surface area contributed by atoms with E-state index in [-0.39, 0.29) is 54.4 Å². The summed E-state index contributed by atoms with van der Waals surface area (Å²) in [6.45, 7) is 4.96. The van der Waals surface area contributed by atoms with Crippen LogP contribution in [-0.2, 0) is 20.9 Å². The number of carbonyl (C=O) groups excluding carboxylic acids is 3. The Hall–Kier alpha value is -3.46. The van der Waals surface area contributed by atoms with Gasteiger partial charge in [0, 0.05) is 31.6 Å². The number of nitrogens with zero attached hydrogens (tertiary/aromatic N) is 3. The molecular formula is C24H26ClFN4O4. The van der Waals surface area contributed by atoms with E-state index in [1.165, 1.54) is 23.2 Å². The minimum Gasteiger partial charge on any atom is -0.482 e. The number of benzene rings is 2. The van der Waals surface area contributed by atoms with E-state index in [4.69, 9.17) is 16.3 Å². The second kappa shape index (κ2) is 11.6. The van der Waals surface area contributed by atoms with Crippen molar-refractivity contribution in [3.8, 4) is 5.75 Å². The molecule has 0 spiro atoms. The molecule has 1 aliphatic heterocycles. The molecule has 1 heterocycles. The van der Waals surface area contributed by atoms with Crippen LogP contribution in [0, 0.1) is 5.82 Å². The lowest BCUT2D eigenvalue weighted by Crippen LogP contribution is -2.36. The topological polar surface area (TPSA) is 91.3 Å². The third-order valence-electron chi connectivity index (χ3n) is 5.27. The number of nitrogens with one attached hydrogen (secondary N) is 1. The Bertz CT molecular complexity index is 1090. The van der Waals surface area contributed by atoms with Crippen molar-refractivity contribution >= 4 is 40.7 Å². The first kappa shape index (κ1) is 25.2. The highest BCUT2D eigenvalue weighted by atomic mass is 35.5. The van der Waals surface area contributed by atoms with Gasteiger partial charge < -0.3 is 15.0 Å². The molecule has 3 rings (SSSR count). The molecular weight excluding hydrogens is 463 g/mol. The quantitative estimate of drug-likeness (QED) is 0.580. The van der Waals surface area contributed by atoms with Crippen LogP contribution < -0.4 is 10.1 Å². The number of hydrazone groups is 1. The van der Waals surface area contributed by atoms with Gasteiger partial charge in [0.05, 0.1) is 11.6 Å². The summed E-state index contributed by atoms with van der Waals surface area (Å²) in [7, 11) is 0.